The summed E-state index contributed by atoms with van der Waals surface area (Å²) in [5, 5.41) is 0. The van der Waals surface area contributed by atoms with E-state index in [9.17, 15) is 0 Å². The van der Waals surface area contributed by atoms with Crippen molar-refractivity contribution in [3.63, 3.8) is 0 Å². The number of nitrogen functional groups attached to an aromatic ring is 2. The van der Waals surface area contributed by atoms with Crippen LogP contribution in [0.3, 0.4) is 0 Å². The van der Waals surface area contributed by atoms with E-state index in [-0.39, 0.29) is 11.5 Å². The van der Waals surface area contributed by atoms with Crippen LogP contribution in [-0.2, 0) is 13.0 Å². The monoisotopic (exact) mass is 298 g/mol. The molecule has 0 aromatic carbocycles. The summed E-state index contributed by atoms with van der Waals surface area (Å²) in [4.78, 5) is 14.6. The van der Waals surface area contributed by atoms with Crippen LogP contribution in [0.15, 0.2) is 24.5 Å². The summed E-state index contributed by atoms with van der Waals surface area (Å²) >= 11 is 0. The van der Waals surface area contributed by atoms with E-state index in [1.807, 2.05) is 24.5 Å². The second-order valence-electron chi connectivity index (χ2n) is 6.03. The van der Waals surface area contributed by atoms with Crippen molar-refractivity contribution in [1.29, 1.82) is 0 Å². The molecule has 1 saturated heterocycles. The minimum atomic E-state index is -0.244. The summed E-state index contributed by atoms with van der Waals surface area (Å²) in [6, 6.07) is 4.08. The molecule has 1 fully saturated rings. The van der Waals surface area contributed by atoms with E-state index < -0.39 is 0 Å². The first-order chi connectivity index (χ1) is 10.6. The molecule has 2 aliphatic rings. The van der Waals surface area contributed by atoms with Gasteiger partial charge in [-0.3, -0.25) is 9.88 Å². The standard InChI is InChI=1S/C15H18N6O/c16-12-11-7-15(22-13(11)20-14(17)19-12)3-6-21(9-15)8-10-1-4-18-5-2-10/h1-2,4-5H,3,6-9H2,(H4,16,17,19,20)/t15-/m1/s1. The van der Waals surface area contributed by atoms with E-state index in [1.54, 1.807) is 0 Å². The number of anilines is 2. The predicted molar refractivity (Wildman–Crippen MR) is 82.1 cm³/mol. The lowest BCUT2D eigenvalue weighted by Gasteiger charge is -2.23. The average Bonchev–Trinajstić information content (AvgIpc) is 3.04. The number of nitrogens with zero attached hydrogens (tertiary/aromatic N) is 4. The topological polar surface area (TPSA) is 103 Å². The number of nitrogens with two attached hydrogens (primary N) is 2. The van der Waals surface area contributed by atoms with Crippen LogP contribution in [0.4, 0.5) is 11.8 Å². The highest BCUT2D eigenvalue weighted by Gasteiger charge is 2.46. The Kier molecular flexibility index (Phi) is 2.90. The van der Waals surface area contributed by atoms with Gasteiger partial charge in [0.05, 0.1) is 5.56 Å². The third-order valence-corrected chi connectivity index (χ3v) is 4.38. The molecule has 114 valence electrons. The first-order valence-corrected chi connectivity index (χ1v) is 7.36. The van der Waals surface area contributed by atoms with Crippen molar-refractivity contribution in [2.75, 3.05) is 24.6 Å². The van der Waals surface area contributed by atoms with Gasteiger partial charge < -0.3 is 16.2 Å². The van der Waals surface area contributed by atoms with E-state index in [0.717, 1.165) is 38.0 Å². The quantitative estimate of drug-likeness (QED) is 0.837. The van der Waals surface area contributed by atoms with Crippen molar-refractivity contribution in [2.45, 2.75) is 25.0 Å². The van der Waals surface area contributed by atoms with Crippen molar-refractivity contribution in [2.24, 2.45) is 0 Å². The summed E-state index contributed by atoms with van der Waals surface area (Å²) in [7, 11) is 0. The Morgan fingerprint density at radius 2 is 2.05 bits per heavy atom. The molecule has 0 amide bonds. The van der Waals surface area contributed by atoms with Gasteiger partial charge in [-0.05, 0) is 17.7 Å². The Balaban J connectivity index is 1.50. The number of aromatic nitrogens is 3. The van der Waals surface area contributed by atoms with Crippen molar-refractivity contribution in [3.05, 3.63) is 35.7 Å². The first-order valence-electron chi connectivity index (χ1n) is 7.36. The fourth-order valence-electron chi connectivity index (χ4n) is 3.35. The van der Waals surface area contributed by atoms with Gasteiger partial charge in [-0.15, -0.1) is 0 Å². The van der Waals surface area contributed by atoms with Gasteiger partial charge in [-0.1, -0.05) is 0 Å². The van der Waals surface area contributed by atoms with Crippen LogP contribution < -0.4 is 16.2 Å². The maximum Gasteiger partial charge on any atom is 0.225 e. The van der Waals surface area contributed by atoms with Crippen molar-refractivity contribution in [1.82, 2.24) is 19.9 Å². The van der Waals surface area contributed by atoms with Gasteiger partial charge in [0, 0.05) is 44.9 Å². The Morgan fingerprint density at radius 3 is 2.86 bits per heavy atom. The van der Waals surface area contributed by atoms with Crippen molar-refractivity contribution >= 4 is 11.8 Å². The molecular weight excluding hydrogens is 280 g/mol. The van der Waals surface area contributed by atoms with Crippen molar-refractivity contribution < 1.29 is 4.74 Å². The second kappa shape index (κ2) is 4.81. The average molecular weight is 298 g/mol. The molecule has 2 aliphatic heterocycles. The van der Waals surface area contributed by atoms with Crippen molar-refractivity contribution in [3.8, 4) is 5.88 Å². The number of hydrogen-bond acceptors (Lipinski definition) is 7. The lowest BCUT2D eigenvalue weighted by molar-refractivity contribution is 0.0965. The maximum atomic E-state index is 6.12. The summed E-state index contributed by atoms with van der Waals surface area (Å²) in [6.07, 6.45) is 5.35. The van der Waals surface area contributed by atoms with Gasteiger partial charge in [0.2, 0.25) is 11.8 Å². The van der Waals surface area contributed by atoms with Crippen LogP contribution in [-0.4, -0.2) is 38.5 Å². The highest BCUT2D eigenvalue weighted by molar-refractivity contribution is 5.52. The number of likely N-dealkylation sites (tertiary alicyclic amines) is 1. The van der Waals surface area contributed by atoms with E-state index in [4.69, 9.17) is 16.2 Å². The maximum absolute atomic E-state index is 6.12. The number of hydrogen-bond donors (Lipinski definition) is 2. The molecule has 22 heavy (non-hydrogen) atoms. The Hall–Kier alpha value is -2.41. The molecule has 2 aromatic rings. The summed E-state index contributed by atoms with van der Waals surface area (Å²) < 4.78 is 6.12. The smallest absolute Gasteiger partial charge is 0.225 e. The van der Waals surface area contributed by atoms with Crippen LogP contribution in [0.2, 0.25) is 0 Å². The Morgan fingerprint density at radius 1 is 1.23 bits per heavy atom. The SMILES string of the molecule is Nc1nc(N)c2c(n1)O[C@]1(CCN(Cc3ccncc3)C1)C2. The minimum Gasteiger partial charge on any atom is -0.469 e. The largest absolute Gasteiger partial charge is 0.469 e. The van der Waals surface area contributed by atoms with Crippen LogP contribution in [0, 0.1) is 0 Å². The number of rotatable bonds is 2. The highest BCUT2D eigenvalue weighted by Crippen LogP contribution is 2.41. The molecule has 1 spiro atoms. The van der Waals surface area contributed by atoms with Gasteiger partial charge in [-0.2, -0.15) is 9.97 Å². The molecular formula is C15H18N6O. The molecule has 0 unspecified atom stereocenters. The van der Waals surface area contributed by atoms with E-state index in [0.29, 0.717) is 11.7 Å². The highest BCUT2D eigenvalue weighted by atomic mass is 16.5. The molecule has 0 aliphatic carbocycles. The van der Waals surface area contributed by atoms with Crippen LogP contribution in [0.1, 0.15) is 17.5 Å². The molecule has 7 nitrogen and oxygen atoms in total. The van der Waals surface area contributed by atoms with Gasteiger partial charge in [0.25, 0.3) is 0 Å². The molecule has 0 bridgehead atoms. The molecule has 7 heteroatoms. The molecule has 4 heterocycles. The third-order valence-electron chi connectivity index (χ3n) is 4.38. The normalized spacial score (nSPS) is 23.6. The zero-order valence-electron chi connectivity index (χ0n) is 12.2. The molecule has 0 radical (unpaired) electrons. The van der Waals surface area contributed by atoms with Crippen LogP contribution in [0.5, 0.6) is 5.88 Å². The van der Waals surface area contributed by atoms with Crippen LogP contribution in [0.25, 0.3) is 0 Å². The number of pyridine rings is 1. The Labute approximate surface area is 128 Å². The Bertz CT molecular complexity index is 707. The molecule has 4 N–H and O–H groups in total. The van der Waals surface area contributed by atoms with E-state index in [1.165, 1.54) is 5.56 Å². The van der Waals surface area contributed by atoms with Gasteiger partial charge in [0.1, 0.15) is 11.4 Å². The third kappa shape index (κ3) is 2.23. The van der Waals surface area contributed by atoms with E-state index >= 15 is 0 Å². The summed E-state index contributed by atoms with van der Waals surface area (Å²) in [5.74, 6) is 1.16. The summed E-state index contributed by atoms with van der Waals surface area (Å²) in [5.41, 5.74) is 13.5. The lowest BCUT2D eigenvalue weighted by Crippen LogP contribution is -2.37. The number of ether oxygens (including phenoxy) is 1. The second-order valence-corrected chi connectivity index (χ2v) is 6.03. The molecule has 1 atom stereocenters. The van der Waals surface area contributed by atoms with Crippen LogP contribution >= 0.6 is 0 Å². The number of fused-ring (bicyclic) bond motifs is 1. The van der Waals surface area contributed by atoms with Gasteiger partial charge >= 0.3 is 0 Å². The predicted octanol–water partition coefficient (Wildman–Crippen LogP) is 0.616. The van der Waals surface area contributed by atoms with Gasteiger partial charge in [0.15, 0.2) is 0 Å². The molecule has 2 aromatic heterocycles. The molecule has 0 saturated carbocycles. The zero-order valence-corrected chi connectivity index (χ0v) is 12.2. The first kappa shape index (κ1) is 13.3. The van der Waals surface area contributed by atoms with E-state index in [2.05, 4.69) is 19.9 Å². The zero-order chi connectivity index (χ0) is 15.2. The summed E-state index contributed by atoms with van der Waals surface area (Å²) in [6.45, 7) is 2.73. The van der Waals surface area contributed by atoms with Gasteiger partial charge in [-0.25, -0.2) is 0 Å². The fraction of sp³-hybridized carbons (Fsp3) is 0.400. The molecule has 4 rings (SSSR count). The fourth-order valence-corrected chi connectivity index (χ4v) is 3.35. The minimum absolute atomic E-state index is 0.167. The lowest BCUT2D eigenvalue weighted by atomic mass is 9.97.